The molecule has 3 aromatic rings. The lowest BCUT2D eigenvalue weighted by Gasteiger charge is -2.37. The number of nitrogens with zero attached hydrogens (tertiary/aromatic N) is 3. The van der Waals surface area contributed by atoms with Crippen molar-refractivity contribution >= 4 is 40.2 Å². The van der Waals surface area contributed by atoms with Gasteiger partial charge in [-0.05, 0) is 41.3 Å². The molecule has 3 fully saturated rings. The van der Waals surface area contributed by atoms with Crippen LogP contribution in [0.1, 0.15) is 74.2 Å². The van der Waals surface area contributed by atoms with E-state index < -0.39 is 58.6 Å². The molecule has 1 aromatic heterocycles. The molecule has 1 aliphatic carbocycles. The standard InChI is InChI=1S/C36H42N6O7/c37-32(45)31(44)36(14-17-49-18-15-36)40-34(47)29-21-27(42-30(43)11-6-16-38-42)22-41(29)35(48)28(19-23-7-2-1-3-8-23)39-33(46)26-13-12-24-9-4-5-10-25(24)20-26/h4-6,9-13,16,20,23,27-29H,1-3,7-8,14-15,17-19,21-22H2,(H2,37,45)(H,39,46)(H,40,47)/t27-,28+,29-/m0/s1. The Kier molecular flexibility index (Phi) is 10.2. The first-order valence-corrected chi connectivity index (χ1v) is 17.0. The molecule has 3 atom stereocenters. The molecule has 49 heavy (non-hydrogen) atoms. The minimum absolute atomic E-state index is 0.0271. The maximum absolute atomic E-state index is 14.7. The van der Waals surface area contributed by atoms with Crippen LogP contribution in [-0.2, 0) is 23.9 Å². The number of ketones is 1. The largest absolute Gasteiger partial charge is 0.381 e. The topological polar surface area (TPSA) is 183 Å². The number of carbonyl (C=O) groups is 5. The Morgan fingerprint density at radius 2 is 1.69 bits per heavy atom. The fourth-order valence-electron chi connectivity index (χ4n) is 7.56. The fourth-order valence-corrected chi connectivity index (χ4v) is 7.56. The second-order valence-corrected chi connectivity index (χ2v) is 13.4. The summed E-state index contributed by atoms with van der Waals surface area (Å²) >= 11 is 0. The number of rotatable bonds is 10. The van der Waals surface area contributed by atoms with Crippen LogP contribution in [0.25, 0.3) is 10.8 Å². The minimum Gasteiger partial charge on any atom is -0.381 e. The average Bonchev–Trinajstić information content (AvgIpc) is 3.57. The van der Waals surface area contributed by atoms with Crippen LogP contribution in [0.3, 0.4) is 0 Å². The summed E-state index contributed by atoms with van der Waals surface area (Å²) in [4.78, 5) is 81.9. The van der Waals surface area contributed by atoms with Gasteiger partial charge >= 0.3 is 0 Å². The molecule has 6 rings (SSSR count). The Balaban J connectivity index is 1.31. The van der Waals surface area contributed by atoms with Gasteiger partial charge < -0.3 is 26.0 Å². The van der Waals surface area contributed by atoms with Crippen molar-refractivity contribution in [3.8, 4) is 0 Å². The average molecular weight is 671 g/mol. The summed E-state index contributed by atoms with van der Waals surface area (Å²) in [6, 6.07) is 13.2. The number of Topliss-reactive ketones (excluding diaryl/α,β-unsaturated/α-hetero) is 1. The highest BCUT2D eigenvalue weighted by molar-refractivity contribution is 6.39. The lowest BCUT2D eigenvalue weighted by atomic mass is 9.84. The first kappa shape index (κ1) is 34.0. The first-order chi connectivity index (χ1) is 23.6. The van der Waals surface area contributed by atoms with Crippen LogP contribution >= 0.6 is 0 Å². The Morgan fingerprint density at radius 3 is 2.41 bits per heavy atom. The van der Waals surface area contributed by atoms with E-state index in [1.807, 2.05) is 30.3 Å². The Morgan fingerprint density at radius 1 is 0.959 bits per heavy atom. The highest BCUT2D eigenvalue weighted by Gasteiger charge is 2.49. The lowest BCUT2D eigenvalue weighted by molar-refractivity contribution is -0.147. The normalized spacial score (nSPS) is 21.5. The smallest absolute Gasteiger partial charge is 0.287 e. The number of ether oxygens (including phenoxy) is 1. The van der Waals surface area contributed by atoms with Gasteiger partial charge in [-0.1, -0.05) is 62.4 Å². The highest BCUT2D eigenvalue weighted by Crippen LogP contribution is 2.32. The Hall–Kier alpha value is -4.91. The summed E-state index contributed by atoms with van der Waals surface area (Å²) in [5.74, 6) is -3.45. The first-order valence-electron chi connectivity index (χ1n) is 17.0. The number of hydrogen-bond donors (Lipinski definition) is 3. The van der Waals surface area contributed by atoms with Gasteiger partial charge in [-0.2, -0.15) is 5.10 Å². The van der Waals surface area contributed by atoms with Crippen LogP contribution in [0.4, 0.5) is 0 Å². The third-order valence-electron chi connectivity index (χ3n) is 10.2. The molecule has 3 aliphatic rings. The van der Waals surface area contributed by atoms with E-state index in [1.165, 1.54) is 27.9 Å². The van der Waals surface area contributed by atoms with Gasteiger partial charge in [-0.3, -0.25) is 28.8 Å². The molecule has 0 bridgehead atoms. The lowest BCUT2D eigenvalue weighted by Crippen LogP contribution is -2.64. The summed E-state index contributed by atoms with van der Waals surface area (Å²) in [6.07, 6.45) is 6.97. The minimum atomic E-state index is -1.58. The van der Waals surface area contributed by atoms with Crippen LogP contribution in [-0.4, -0.2) is 81.5 Å². The van der Waals surface area contributed by atoms with Crippen molar-refractivity contribution < 1.29 is 28.7 Å². The van der Waals surface area contributed by atoms with Crippen LogP contribution in [0.5, 0.6) is 0 Å². The van der Waals surface area contributed by atoms with Gasteiger partial charge in [0.1, 0.15) is 17.6 Å². The Bertz CT molecular complexity index is 1800. The zero-order chi connectivity index (χ0) is 34.5. The maximum atomic E-state index is 14.7. The third-order valence-corrected chi connectivity index (χ3v) is 10.2. The van der Waals surface area contributed by atoms with Gasteiger partial charge in [-0.25, -0.2) is 4.68 Å². The van der Waals surface area contributed by atoms with Crippen molar-refractivity contribution in [2.45, 2.75) is 81.5 Å². The predicted octanol–water partition coefficient (Wildman–Crippen LogP) is 2.03. The molecule has 258 valence electrons. The van der Waals surface area contributed by atoms with Crippen molar-refractivity contribution in [1.29, 1.82) is 0 Å². The zero-order valence-electron chi connectivity index (χ0n) is 27.3. The summed E-state index contributed by atoms with van der Waals surface area (Å²) in [5.41, 5.74) is 3.82. The molecule has 4 amide bonds. The summed E-state index contributed by atoms with van der Waals surface area (Å²) in [6.45, 7) is 0.229. The number of nitrogens with two attached hydrogens (primary N) is 1. The molecule has 13 heteroatoms. The molecule has 0 radical (unpaired) electrons. The van der Waals surface area contributed by atoms with Crippen molar-refractivity contribution in [1.82, 2.24) is 25.3 Å². The zero-order valence-corrected chi connectivity index (χ0v) is 27.3. The van der Waals surface area contributed by atoms with E-state index >= 15 is 0 Å². The molecule has 13 nitrogen and oxygen atoms in total. The van der Waals surface area contributed by atoms with Crippen molar-refractivity contribution in [2.24, 2.45) is 11.7 Å². The number of fused-ring (bicyclic) bond motifs is 1. The van der Waals surface area contributed by atoms with Gasteiger partial charge in [0.05, 0.1) is 6.04 Å². The summed E-state index contributed by atoms with van der Waals surface area (Å²) < 4.78 is 6.65. The quantitative estimate of drug-likeness (QED) is 0.274. The van der Waals surface area contributed by atoms with E-state index in [1.54, 1.807) is 12.1 Å². The molecule has 2 aromatic carbocycles. The molecular weight excluding hydrogens is 628 g/mol. The molecule has 1 saturated carbocycles. The number of hydrogen-bond acceptors (Lipinski definition) is 8. The van der Waals surface area contributed by atoms with E-state index in [0.717, 1.165) is 42.9 Å². The van der Waals surface area contributed by atoms with Crippen molar-refractivity contribution in [3.05, 3.63) is 76.7 Å². The van der Waals surface area contributed by atoms with E-state index in [4.69, 9.17) is 10.5 Å². The molecule has 4 N–H and O–H groups in total. The number of nitrogens with one attached hydrogen (secondary N) is 2. The van der Waals surface area contributed by atoms with Crippen molar-refractivity contribution in [3.63, 3.8) is 0 Å². The highest BCUT2D eigenvalue weighted by atomic mass is 16.5. The number of benzene rings is 2. The second kappa shape index (κ2) is 14.7. The number of primary amides is 1. The van der Waals surface area contributed by atoms with Crippen LogP contribution in [0, 0.1) is 5.92 Å². The van der Waals surface area contributed by atoms with Gasteiger partial charge in [0.2, 0.25) is 17.6 Å². The maximum Gasteiger partial charge on any atom is 0.287 e. The SMILES string of the molecule is NC(=O)C(=O)C1(NC(=O)[C@@H]2C[C@H](n3ncccc3=O)CN2C(=O)[C@@H](CC2CCCCC2)NC(=O)c2ccc3ccccc3c2)CCOCC1. The molecule has 3 heterocycles. The monoisotopic (exact) mass is 670 g/mol. The van der Waals surface area contributed by atoms with E-state index in [-0.39, 0.29) is 44.9 Å². The van der Waals surface area contributed by atoms with E-state index in [0.29, 0.717) is 12.0 Å². The van der Waals surface area contributed by atoms with Gasteiger partial charge in [0.15, 0.2) is 0 Å². The Labute approximate surface area is 283 Å². The summed E-state index contributed by atoms with van der Waals surface area (Å²) in [5, 5.41) is 11.8. The van der Waals surface area contributed by atoms with Crippen LogP contribution in [0.15, 0.2) is 65.6 Å². The number of carbonyl (C=O) groups excluding carboxylic acids is 5. The molecule has 2 aliphatic heterocycles. The third kappa shape index (κ3) is 7.41. The summed E-state index contributed by atoms with van der Waals surface area (Å²) in [7, 11) is 0. The van der Waals surface area contributed by atoms with E-state index in [2.05, 4.69) is 15.7 Å². The second-order valence-electron chi connectivity index (χ2n) is 13.4. The molecular formula is C36H42N6O7. The number of aromatic nitrogens is 2. The molecule has 0 unspecified atom stereocenters. The van der Waals surface area contributed by atoms with Crippen molar-refractivity contribution in [2.75, 3.05) is 19.8 Å². The van der Waals surface area contributed by atoms with Crippen LogP contribution in [0.2, 0.25) is 0 Å². The number of likely N-dealkylation sites (tertiary alicyclic amines) is 1. The number of amides is 4. The molecule has 2 saturated heterocycles. The van der Waals surface area contributed by atoms with E-state index in [9.17, 15) is 28.8 Å². The molecule has 0 spiro atoms. The van der Waals surface area contributed by atoms with Gasteiger partial charge in [0.25, 0.3) is 17.4 Å². The van der Waals surface area contributed by atoms with Gasteiger partial charge in [0, 0.05) is 56.8 Å². The fraction of sp³-hybridized carbons (Fsp3) is 0.472. The van der Waals surface area contributed by atoms with Crippen LogP contribution < -0.4 is 21.9 Å². The predicted molar refractivity (Wildman–Crippen MR) is 179 cm³/mol. The van der Waals surface area contributed by atoms with Gasteiger partial charge in [-0.15, -0.1) is 0 Å².